The maximum absolute atomic E-state index is 12.5. The van der Waals surface area contributed by atoms with Crippen LogP contribution in [0.15, 0.2) is 0 Å². The Hall–Kier alpha value is -2.00. The summed E-state index contributed by atoms with van der Waals surface area (Å²) < 4.78 is 0. The molecule has 1 saturated heterocycles. The molecule has 1 fully saturated rings. The van der Waals surface area contributed by atoms with Crippen LogP contribution in [-0.4, -0.2) is 64.0 Å². The van der Waals surface area contributed by atoms with Crippen molar-refractivity contribution < 1.29 is 29.4 Å². The summed E-state index contributed by atoms with van der Waals surface area (Å²) in [4.78, 5) is 47.0. The average molecular weight is 315 g/mol. The molecule has 1 aliphatic heterocycles. The van der Waals surface area contributed by atoms with Gasteiger partial charge in [-0.2, -0.15) is 0 Å². The number of hydrogen-bond acceptors (Lipinski definition) is 6. The molecule has 0 spiro atoms. The fourth-order valence-corrected chi connectivity index (χ4v) is 2.40. The van der Waals surface area contributed by atoms with Crippen molar-refractivity contribution in [2.24, 2.45) is 5.73 Å². The molecule has 124 valence electrons. The summed E-state index contributed by atoms with van der Waals surface area (Å²) in [7, 11) is 0. The van der Waals surface area contributed by atoms with Crippen LogP contribution >= 0.6 is 0 Å². The molecule has 1 aliphatic rings. The predicted octanol–water partition coefficient (Wildman–Crippen LogP) is -1.24. The van der Waals surface area contributed by atoms with Crippen LogP contribution < -0.4 is 11.1 Å². The lowest BCUT2D eigenvalue weighted by molar-refractivity contribution is -0.159. The molecule has 0 radical (unpaired) electrons. The molecular formula is C13H21N3O6. The predicted molar refractivity (Wildman–Crippen MR) is 74.8 cm³/mol. The molecule has 22 heavy (non-hydrogen) atoms. The number of piperidine rings is 1. The minimum atomic E-state index is -1.52. The van der Waals surface area contributed by atoms with Crippen LogP contribution in [0.5, 0.6) is 0 Å². The summed E-state index contributed by atoms with van der Waals surface area (Å²) in [6.07, 6.45) is 1.38. The van der Waals surface area contributed by atoms with Crippen molar-refractivity contribution in [3.05, 3.63) is 0 Å². The van der Waals surface area contributed by atoms with Gasteiger partial charge in [-0.3, -0.25) is 19.3 Å². The molecule has 0 aromatic rings. The number of imide groups is 1. The van der Waals surface area contributed by atoms with Crippen molar-refractivity contribution in [2.45, 2.75) is 44.2 Å². The second-order valence-corrected chi connectivity index (χ2v) is 5.10. The molecular weight excluding hydrogens is 294 g/mol. The third kappa shape index (κ3) is 4.78. The Morgan fingerprint density at radius 3 is 2.36 bits per heavy atom. The van der Waals surface area contributed by atoms with Crippen LogP contribution in [0, 0.1) is 0 Å². The first-order valence-corrected chi connectivity index (χ1v) is 7.12. The Kier molecular flexibility index (Phi) is 6.93. The molecule has 0 aromatic heterocycles. The van der Waals surface area contributed by atoms with Gasteiger partial charge in [0.05, 0.1) is 12.6 Å². The third-order valence-electron chi connectivity index (χ3n) is 3.52. The monoisotopic (exact) mass is 315 g/mol. The summed E-state index contributed by atoms with van der Waals surface area (Å²) in [6, 6.07) is -2.17. The molecule has 9 nitrogen and oxygen atoms in total. The highest BCUT2D eigenvalue weighted by Gasteiger charge is 2.37. The van der Waals surface area contributed by atoms with Gasteiger partial charge in [-0.1, -0.05) is 6.42 Å². The van der Waals surface area contributed by atoms with Gasteiger partial charge in [0.1, 0.15) is 6.04 Å². The molecule has 1 unspecified atom stereocenters. The molecule has 5 N–H and O–H groups in total. The average Bonchev–Trinajstić information content (AvgIpc) is 2.50. The topological polar surface area (TPSA) is 150 Å². The molecule has 2 atom stereocenters. The zero-order valence-electron chi connectivity index (χ0n) is 12.2. The third-order valence-corrected chi connectivity index (χ3v) is 3.52. The minimum absolute atomic E-state index is 0.352. The summed E-state index contributed by atoms with van der Waals surface area (Å²) in [5.74, 6) is -4.11. The molecule has 0 aliphatic carbocycles. The van der Waals surface area contributed by atoms with Crippen molar-refractivity contribution in [1.82, 2.24) is 10.2 Å². The number of carboxylic acids is 2. The fraction of sp³-hybridized carbons (Fsp3) is 0.692. The molecule has 0 aromatic carbocycles. The maximum Gasteiger partial charge on any atom is 0.326 e. The SMILES string of the molecule is NCC(=O)N(C(=O)C1CCCCN1)[C@@H](CCC(=O)O)C(=O)O. The number of carboxylic acid groups (broad SMARTS) is 2. The van der Waals surface area contributed by atoms with Crippen LogP contribution in [-0.2, 0) is 19.2 Å². The smallest absolute Gasteiger partial charge is 0.326 e. The van der Waals surface area contributed by atoms with Gasteiger partial charge in [0.2, 0.25) is 11.8 Å². The van der Waals surface area contributed by atoms with E-state index in [2.05, 4.69) is 5.32 Å². The zero-order valence-corrected chi connectivity index (χ0v) is 12.2. The largest absolute Gasteiger partial charge is 0.481 e. The lowest BCUT2D eigenvalue weighted by Gasteiger charge is -2.32. The number of amides is 2. The highest BCUT2D eigenvalue weighted by molar-refractivity contribution is 6.02. The van der Waals surface area contributed by atoms with Gasteiger partial charge in [0, 0.05) is 6.42 Å². The Bertz CT molecular complexity index is 447. The van der Waals surface area contributed by atoms with E-state index in [1.54, 1.807) is 0 Å². The van der Waals surface area contributed by atoms with E-state index in [0.29, 0.717) is 17.9 Å². The van der Waals surface area contributed by atoms with Crippen LogP contribution in [0.25, 0.3) is 0 Å². The van der Waals surface area contributed by atoms with Crippen molar-refractivity contribution in [1.29, 1.82) is 0 Å². The van der Waals surface area contributed by atoms with Crippen LogP contribution in [0.3, 0.4) is 0 Å². The molecule has 0 bridgehead atoms. The Labute approximate surface area is 127 Å². The van der Waals surface area contributed by atoms with E-state index < -0.39 is 48.8 Å². The summed E-state index contributed by atoms with van der Waals surface area (Å²) in [5.41, 5.74) is 5.26. The number of carbonyl (C=O) groups is 4. The molecule has 9 heteroatoms. The van der Waals surface area contributed by atoms with Gasteiger partial charge in [0.15, 0.2) is 0 Å². The fourth-order valence-electron chi connectivity index (χ4n) is 2.40. The number of nitrogens with two attached hydrogens (primary N) is 1. The van der Waals surface area contributed by atoms with Crippen molar-refractivity contribution in [3.63, 3.8) is 0 Å². The van der Waals surface area contributed by atoms with Gasteiger partial charge in [-0.25, -0.2) is 4.79 Å². The summed E-state index contributed by atoms with van der Waals surface area (Å²) in [6.45, 7) is 0.0865. The highest BCUT2D eigenvalue weighted by atomic mass is 16.4. The van der Waals surface area contributed by atoms with Crippen molar-refractivity contribution >= 4 is 23.8 Å². The van der Waals surface area contributed by atoms with E-state index in [9.17, 15) is 24.3 Å². The summed E-state index contributed by atoms with van der Waals surface area (Å²) in [5, 5.41) is 20.9. The van der Waals surface area contributed by atoms with Crippen LogP contribution in [0.4, 0.5) is 0 Å². The quantitative estimate of drug-likeness (QED) is 0.455. The zero-order chi connectivity index (χ0) is 16.7. The first-order valence-electron chi connectivity index (χ1n) is 7.12. The van der Waals surface area contributed by atoms with E-state index in [-0.39, 0.29) is 6.42 Å². The maximum atomic E-state index is 12.5. The van der Waals surface area contributed by atoms with Crippen molar-refractivity contribution in [3.8, 4) is 0 Å². The van der Waals surface area contributed by atoms with Crippen LogP contribution in [0.2, 0.25) is 0 Å². The normalized spacial score (nSPS) is 19.2. The van der Waals surface area contributed by atoms with Gasteiger partial charge < -0.3 is 21.3 Å². The van der Waals surface area contributed by atoms with Gasteiger partial charge in [0.25, 0.3) is 0 Å². The van der Waals surface area contributed by atoms with E-state index in [1.165, 1.54) is 0 Å². The number of rotatable bonds is 7. The van der Waals surface area contributed by atoms with Crippen molar-refractivity contribution in [2.75, 3.05) is 13.1 Å². The van der Waals surface area contributed by atoms with E-state index in [4.69, 9.17) is 10.8 Å². The first kappa shape index (κ1) is 18.1. The minimum Gasteiger partial charge on any atom is -0.481 e. The van der Waals surface area contributed by atoms with E-state index in [0.717, 1.165) is 12.8 Å². The summed E-state index contributed by atoms with van der Waals surface area (Å²) >= 11 is 0. The molecule has 0 saturated carbocycles. The second kappa shape index (κ2) is 8.44. The van der Waals surface area contributed by atoms with E-state index >= 15 is 0 Å². The number of hydrogen-bond donors (Lipinski definition) is 4. The lowest BCUT2D eigenvalue weighted by Crippen LogP contribution is -2.57. The second-order valence-electron chi connectivity index (χ2n) is 5.10. The standard InChI is InChI=1S/C13H21N3O6/c14-7-10(17)16(9(13(21)22)4-5-11(18)19)12(20)8-3-1-2-6-15-8/h8-9,15H,1-7,14H2,(H,18,19)(H,21,22)/t8?,9-/m0/s1. The highest BCUT2D eigenvalue weighted by Crippen LogP contribution is 2.15. The number of carbonyl (C=O) groups excluding carboxylic acids is 2. The number of aliphatic carboxylic acids is 2. The van der Waals surface area contributed by atoms with Gasteiger partial charge >= 0.3 is 11.9 Å². The molecule has 2 amide bonds. The number of nitrogens with one attached hydrogen (secondary N) is 1. The Balaban J connectivity index is 2.96. The van der Waals surface area contributed by atoms with E-state index in [1.807, 2.05) is 0 Å². The van der Waals surface area contributed by atoms with Crippen LogP contribution in [0.1, 0.15) is 32.1 Å². The number of nitrogens with zero attached hydrogens (tertiary/aromatic N) is 1. The first-order chi connectivity index (χ1) is 10.4. The molecule has 1 rings (SSSR count). The molecule has 1 heterocycles. The lowest BCUT2D eigenvalue weighted by atomic mass is 10.0. The van der Waals surface area contributed by atoms with Gasteiger partial charge in [-0.15, -0.1) is 0 Å². The Morgan fingerprint density at radius 2 is 1.91 bits per heavy atom. The Morgan fingerprint density at radius 1 is 1.23 bits per heavy atom. The van der Waals surface area contributed by atoms with Gasteiger partial charge in [-0.05, 0) is 25.8 Å².